The summed E-state index contributed by atoms with van der Waals surface area (Å²) in [5.74, 6) is 0.963. The van der Waals surface area contributed by atoms with Crippen LogP contribution in [-0.4, -0.2) is 66.0 Å². The van der Waals surface area contributed by atoms with Gasteiger partial charge in [0.25, 0.3) is 0 Å². The zero-order valence-corrected chi connectivity index (χ0v) is 15.0. The summed E-state index contributed by atoms with van der Waals surface area (Å²) < 4.78 is 17.3. The van der Waals surface area contributed by atoms with Crippen LogP contribution < -0.4 is 0 Å². The Hall–Kier alpha value is -1.12. The molecule has 138 valence electrons. The number of carbonyl (C=O) groups excluding carboxylic acids is 2. The lowest BCUT2D eigenvalue weighted by Gasteiger charge is -2.66. The van der Waals surface area contributed by atoms with Gasteiger partial charge in [-0.2, -0.15) is 0 Å². The van der Waals surface area contributed by atoms with Crippen LogP contribution in [0.3, 0.4) is 0 Å². The van der Waals surface area contributed by atoms with Crippen LogP contribution in [0.2, 0.25) is 0 Å². The summed E-state index contributed by atoms with van der Waals surface area (Å²) in [6.45, 7) is 4.90. The van der Waals surface area contributed by atoms with Gasteiger partial charge >= 0.3 is 18.6 Å². The van der Waals surface area contributed by atoms with Crippen molar-refractivity contribution in [2.75, 3.05) is 19.7 Å². The third-order valence-electron chi connectivity index (χ3n) is 8.36. The van der Waals surface area contributed by atoms with Gasteiger partial charge in [0.2, 0.25) is 0 Å². The minimum Gasteiger partial charge on any atom is -0.598 e. The average molecular weight is 351 g/mol. The van der Waals surface area contributed by atoms with Gasteiger partial charge in [0, 0.05) is 5.92 Å². The van der Waals surface area contributed by atoms with Crippen molar-refractivity contribution in [1.29, 1.82) is 0 Å². The Labute approximate surface area is 147 Å². The van der Waals surface area contributed by atoms with Crippen molar-refractivity contribution in [3.63, 3.8) is 0 Å². The highest BCUT2D eigenvalue weighted by molar-refractivity contribution is 6.68. The monoisotopic (exact) mass is 351 g/mol. The lowest BCUT2D eigenvalue weighted by molar-refractivity contribution is -0.852. The molecule has 0 amide bonds. The summed E-state index contributed by atoms with van der Waals surface area (Å²) in [6, 6.07) is -0.334. The van der Waals surface area contributed by atoms with E-state index in [0.717, 1.165) is 6.42 Å². The molecule has 25 heavy (non-hydrogen) atoms. The van der Waals surface area contributed by atoms with Crippen LogP contribution in [0.25, 0.3) is 0 Å². The van der Waals surface area contributed by atoms with E-state index < -0.39 is 18.8 Å². The van der Waals surface area contributed by atoms with Gasteiger partial charge in [0.05, 0.1) is 18.8 Å². The summed E-state index contributed by atoms with van der Waals surface area (Å²) >= 11 is 0. The van der Waals surface area contributed by atoms with E-state index in [1.165, 1.54) is 6.42 Å². The van der Waals surface area contributed by atoms with Crippen LogP contribution in [-0.2, 0) is 23.6 Å². The SMILES string of the molecule is C[C@H]1C([N+]23CC(=O)O[B-]2(C2O[C@H]2CO)OC(=O)C3)C[C@@H]2C[C@H]1C2(C)C. The lowest BCUT2D eigenvalue weighted by atomic mass is 9.43. The van der Waals surface area contributed by atoms with Crippen molar-refractivity contribution >= 4 is 18.6 Å². The molecule has 0 aromatic heterocycles. The summed E-state index contributed by atoms with van der Waals surface area (Å²) in [4.78, 5) is 24.7. The molecule has 0 radical (unpaired) electrons. The molecular formula is C17H26BNO6. The van der Waals surface area contributed by atoms with Gasteiger partial charge in [-0.15, -0.1) is 0 Å². The molecule has 2 bridgehead atoms. The second-order valence-electron chi connectivity index (χ2n) is 9.47. The van der Waals surface area contributed by atoms with E-state index in [4.69, 9.17) is 14.0 Å². The maximum absolute atomic E-state index is 12.3. The van der Waals surface area contributed by atoms with Crippen LogP contribution in [0, 0.1) is 23.2 Å². The Balaban J connectivity index is 1.56. The highest BCUT2D eigenvalue weighted by Gasteiger charge is 2.80. The zero-order chi connectivity index (χ0) is 17.8. The van der Waals surface area contributed by atoms with E-state index in [2.05, 4.69) is 20.8 Å². The number of fused-ring (bicyclic) bond motifs is 4. The molecule has 6 atom stereocenters. The largest absolute Gasteiger partial charge is 0.615 e. The van der Waals surface area contributed by atoms with E-state index >= 15 is 0 Å². The van der Waals surface area contributed by atoms with E-state index in [1.54, 1.807) is 0 Å². The summed E-state index contributed by atoms with van der Waals surface area (Å²) in [7, 11) is 0. The highest BCUT2D eigenvalue weighted by Crippen LogP contribution is 2.64. The molecule has 6 aliphatic rings. The fourth-order valence-corrected chi connectivity index (χ4v) is 6.88. The number of carbonyl (C=O) groups is 2. The normalized spacial score (nSPS) is 55.2. The second-order valence-corrected chi connectivity index (χ2v) is 9.47. The number of ether oxygens (including phenoxy) is 1. The average Bonchev–Trinajstić information content (AvgIpc) is 3.20. The second kappa shape index (κ2) is 4.59. The Morgan fingerprint density at radius 1 is 1.20 bits per heavy atom. The third kappa shape index (κ3) is 1.73. The first-order chi connectivity index (χ1) is 11.7. The number of hydrogen-bond acceptors (Lipinski definition) is 6. The molecule has 3 saturated carbocycles. The zero-order valence-electron chi connectivity index (χ0n) is 15.0. The maximum atomic E-state index is 12.3. The first-order valence-electron chi connectivity index (χ1n) is 9.46. The molecule has 6 fully saturated rings. The number of hydrogen-bond donors (Lipinski definition) is 1. The van der Waals surface area contributed by atoms with Crippen molar-refractivity contribution in [3.8, 4) is 0 Å². The molecule has 0 spiro atoms. The smallest absolute Gasteiger partial charge is 0.598 e. The van der Waals surface area contributed by atoms with Crippen LogP contribution >= 0.6 is 0 Å². The van der Waals surface area contributed by atoms with Gasteiger partial charge in [0.1, 0.15) is 19.1 Å². The lowest BCUT2D eigenvalue weighted by Crippen LogP contribution is -2.75. The Morgan fingerprint density at radius 2 is 1.84 bits per heavy atom. The summed E-state index contributed by atoms with van der Waals surface area (Å²) in [5.41, 5.74) is 0.322. The van der Waals surface area contributed by atoms with Crippen molar-refractivity contribution in [2.24, 2.45) is 23.2 Å². The molecule has 3 aliphatic carbocycles. The van der Waals surface area contributed by atoms with Crippen LogP contribution in [0.1, 0.15) is 33.6 Å². The first kappa shape index (κ1) is 16.1. The van der Waals surface area contributed by atoms with Gasteiger partial charge in [-0.3, -0.25) is 9.59 Å². The highest BCUT2D eigenvalue weighted by atomic mass is 16.7. The number of aliphatic hydroxyl groups excluding tert-OH is 1. The molecular weight excluding hydrogens is 325 g/mol. The van der Waals surface area contributed by atoms with E-state index in [9.17, 15) is 14.7 Å². The number of rotatable bonds is 3. The van der Waals surface area contributed by atoms with Gasteiger partial charge in [-0.1, -0.05) is 20.8 Å². The van der Waals surface area contributed by atoms with Gasteiger partial charge in [-0.05, 0) is 30.1 Å². The predicted molar refractivity (Wildman–Crippen MR) is 86.6 cm³/mol. The Kier molecular flexibility index (Phi) is 2.95. The molecule has 3 saturated heterocycles. The third-order valence-corrected chi connectivity index (χ3v) is 8.36. The topological polar surface area (TPSA) is 85.4 Å². The van der Waals surface area contributed by atoms with Gasteiger partial charge in [0.15, 0.2) is 0 Å². The fraction of sp³-hybridized carbons (Fsp3) is 0.882. The van der Waals surface area contributed by atoms with Crippen molar-refractivity contribution in [2.45, 2.75) is 51.8 Å². The molecule has 8 heteroatoms. The van der Waals surface area contributed by atoms with Crippen molar-refractivity contribution in [1.82, 2.24) is 0 Å². The molecule has 3 heterocycles. The van der Waals surface area contributed by atoms with Crippen molar-refractivity contribution in [3.05, 3.63) is 0 Å². The number of aliphatic hydroxyl groups is 1. The van der Waals surface area contributed by atoms with Crippen LogP contribution in [0.5, 0.6) is 0 Å². The summed E-state index contributed by atoms with van der Waals surface area (Å²) in [5, 5.41) is 9.45. The maximum Gasteiger partial charge on any atom is 0.615 e. The van der Waals surface area contributed by atoms with Crippen LogP contribution in [0.4, 0.5) is 0 Å². The molecule has 7 nitrogen and oxygen atoms in total. The Morgan fingerprint density at radius 3 is 2.32 bits per heavy atom. The van der Waals surface area contributed by atoms with Gasteiger partial charge < -0.3 is 23.5 Å². The fourth-order valence-electron chi connectivity index (χ4n) is 6.88. The molecule has 0 aromatic carbocycles. The van der Waals surface area contributed by atoms with E-state index in [0.29, 0.717) is 23.2 Å². The number of nitrogens with zero attached hydrogens (tertiary/aromatic N) is 1. The number of quaternary nitrogens is 1. The van der Waals surface area contributed by atoms with E-state index in [-0.39, 0.29) is 42.1 Å². The molecule has 1 N–H and O–H groups in total. The van der Waals surface area contributed by atoms with Crippen molar-refractivity contribution < 1.29 is 33.1 Å². The van der Waals surface area contributed by atoms with Gasteiger partial charge in [-0.25, -0.2) is 0 Å². The summed E-state index contributed by atoms with van der Waals surface area (Å²) in [6.07, 6.45) is 1.81. The predicted octanol–water partition coefficient (Wildman–Crippen LogP) is 0.225. The van der Waals surface area contributed by atoms with E-state index in [1.807, 2.05) is 0 Å². The van der Waals surface area contributed by atoms with Crippen LogP contribution in [0.15, 0.2) is 0 Å². The first-order valence-corrected chi connectivity index (χ1v) is 9.46. The number of epoxide rings is 1. The molecule has 2 unspecified atom stereocenters. The minimum absolute atomic E-state index is 0.151. The quantitative estimate of drug-likeness (QED) is 0.579. The molecule has 6 rings (SSSR count). The standard InChI is InChI=1S/C17H26BNO6/c1-9-11-4-10(17(11,2)3)5-12(9)19-6-14(21)24-18(19,25-15(22)7-19)16-13(8-20)23-16/h9-13,16,20H,4-8H2,1-3H3/t9-,10+,11-,12?,13+,16?,18?,19?/m1/s1. The molecule has 0 aromatic rings. The minimum atomic E-state index is -2.23. The molecule has 3 aliphatic heterocycles. The Bertz CT molecular complexity index is 646.